The Morgan fingerprint density at radius 3 is 3.00 bits per heavy atom. The first kappa shape index (κ1) is 14.1. The molecule has 0 aliphatic carbocycles. The molecular weight excluding hydrogens is 243 g/mol. The second kappa shape index (κ2) is 6.75. The summed E-state index contributed by atoms with van der Waals surface area (Å²) in [5, 5.41) is 0. The topological polar surface area (TPSA) is 33.2 Å². The fourth-order valence-electron chi connectivity index (χ4n) is 2.73. The number of aromatic nitrogens is 1. The van der Waals surface area contributed by atoms with Crippen molar-refractivity contribution in [1.82, 2.24) is 9.88 Å². The summed E-state index contributed by atoms with van der Waals surface area (Å²) in [6.45, 7) is 4.07. The third-order valence-electron chi connectivity index (χ3n) is 3.86. The van der Waals surface area contributed by atoms with Crippen molar-refractivity contribution >= 4 is 5.78 Å². The van der Waals surface area contributed by atoms with Gasteiger partial charge in [0.05, 0.1) is 6.20 Å². The van der Waals surface area contributed by atoms with Crippen LogP contribution in [0.1, 0.15) is 49.5 Å². The average Bonchev–Trinajstić information content (AvgIpc) is 2.45. The Kier molecular flexibility index (Phi) is 5.02. The molecule has 1 aliphatic heterocycles. The highest BCUT2D eigenvalue weighted by Crippen LogP contribution is 2.19. The van der Waals surface area contributed by atoms with Crippen molar-refractivity contribution in [3.05, 3.63) is 29.8 Å². The Hall–Kier alpha value is -1.29. The van der Waals surface area contributed by atoms with Crippen molar-refractivity contribution in [3.8, 4) is 0 Å². The van der Waals surface area contributed by atoms with Crippen molar-refractivity contribution < 1.29 is 9.18 Å². The standard InChI is InChI=1S/C15H21FN2O/c1-2-13-5-3-4-9-18(13)10-8-15(19)14-7-6-12(16)11-17-14/h6-7,11,13H,2-5,8-10H2,1H3. The van der Waals surface area contributed by atoms with Gasteiger partial charge in [0, 0.05) is 19.0 Å². The average molecular weight is 264 g/mol. The summed E-state index contributed by atoms with van der Waals surface area (Å²) in [5.74, 6) is -0.404. The third kappa shape index (κ3) is 3.83. The zero-order valence-electron chi connectivity index (χ0n) is 11.4. The minimum atomic E-state index is -0.404. The number of piperidine rings is 1. The summed E-state index contributed by atoms with van der Waals surface area (Å²) >= 11 is 0. The SMILES string of the molecule is CCC1CCCCN1CCC(=O)c1ccc(F)cn1. The van der Waals surface area contributed by atoms with E-state index in [1.165, 1.54) is 31.4 Å². The van der Waals surface area contributed by atoms with E-state index in [2.05, 4.69) is 16.8 Å². The van der Waals surface area contributed by atoms with Crippen molar-refractivity contribution in [2.45, 2.75) is 45.1 Å². The van der Waals surface area contributed by atoms with Crippen LogP contribution in [0.15, 0.2) is 18.3 Å². The molecule has 0 N–H and O–H groups in total. The maximum atomic E-state index is 12.7. The molecule has 0 bridgehead atoms. The lowest BCUT2D eigenvalue weighted by Gasteiger charge is -2.34. The molecule has 0 saturated carbocycles. The molecule has 1 fully saturated rings. The summed E-state index contributed by atoms with van der Waals surface area (Å²) in [6.07, 6.45) is 6.46. The van der Waals surface area contributed by atoms with Gasteiger partial charge in [-0.25, -0.2) is 4.39 Å². The lowest BCUT2D eigenvalue weighted by atomic mass is 9.99. The van der Waals surface area contributed by atoms with Crippen LogP contribution in [0.2, 0.25) is 0 Å². The van der Waals surface area contributed by atoms with E-state index in [4.69, 9.17) is 0 Å². The molecule has 0 aromatic carbocycles. The van der Waals surface area contributed by atoms with Gasteiger partial charge >= 0.3 is 0 Å². The van der Waals surface area contributed by atoms with Gasteiger partial charge in [0.25, 0.3) is 0 Å². The van der Waals surface area contributed by atoms with Crippen molar-refractivity contribution in [2.75, 3.05) is 13.1 Å². The number of carbonyl (C=O) groups excluding carboxylic acids is 1. The number of hydrogen-bond donors (Lipinski definition) is 0. The molecule has 1 aromatic rings. The van der Waals surface area contributed by atoms with Crippen LogP contribution in [0.25, 0.3) is 0 Å². The van der Waals surface area contributed by atoms with Gasteiger partial charge in [-0.2, -0.15) is 0 Å². The van der Waals surface area contributed by atoms with E-state index in [0.29, 0.717) is 18.2 Å². The molecule has 1 aliphatic rings. The van der Waals surface area contributed by atoms with E-state index >= 15 is 0 Å². The number of Topliss-reactive ketones (excluding diaryl/α,β-unsaturated/α-hetero) is 1. The lowest BCUT2D eigenvalue weighted by molar-refractivity contribution is 0.0918. The second-order valence-electron chi connectivity index (χ2n) is 5.13. The summed E-state index contributed by atoms with van der Waals surface area (Å²) in [5.41, 5.74) is 0.367. The molecule has 0 spiro atoms. The Balaban J connectivity index is 1.87. The van der Waals surface area contributed by atoms with Crippen molar-refractivity contribution in [3.63, 3.8) is 0 Å². The minimum Gasteiger partial charge on any atom is -0.300 e. The summed E-state index contributed by atoms with van der Waals surface area (Å²) in [7, 11) is 0. The van der Waals surface area contributed by atoms with Crippen LogP contribution in [0.3, 0.4) is 0 Å². The monoisotopic (exact) mass is 264 g/mol. The summed E-state index contributed by atoms with van der Waals surface area (Å²) in [4.78, 5) is 18.2. The van der Waals surface area contributed by atoms with Gasteiger partial charge in [-0.15, -0.1) is 0 Å². The van der Waals surface area contributed by atoms with Gasteiger partial charge < -0.3 is 0 Å². The number of carbonyl (C=O) groups is 1. The van der Waals surface area contributed by atoms with E-state index < -0.39 is 5.82 Å². The fourth-order valence-corrected chi connectivity index (χ4v) is 2.73. The number of hydrogen-bond acceptors (Lipinski definition) is 3. The van der Waals surface area contributed by atoms with E-state index in [1.54, 1.807) is 0 Å². The minimum absolute atomic E-state index is 0.000395. The van der Waals surface area contributed by atoms with Gasteiger partial charge in [-0.05, 0) is 37.9 Å². The normalized spacial score (nSPS) is 20.4. The molecule has 19 heavy (non-hydrogen) atoms. The summed E-state index contributed by atoms with van der Waals surface area (Å²) < 4.78 is 12.7. The number of pyridine rings is 1. The molecule has 3 nitrogen and oxygen atoms in total. The molecule has 4 heteroatoms. The van der Waals surface area contributed by atoms with E-state index in [0.717, 1.165) is 25.7 Å². The Morgan fingerprint density at radius 1 is 1.47 bits per heavy atom. The number of nitrogens with zero attached hydrogens (tertiary/aromatic N) is 2. The number of ketones is 1. The molecule has 0 radical (unpaired) electrons. The lowest BCUT2D eigenvalue weighted by Crippen LogP contribution is -2.40. The molecule has 1 saturated heterocycles. The molecular formula is C15H21FN2O. The van der Waals surface area contributed by atoms with E-state index in [1.807, 2.05) is 0 Å². The van der Waals surface area contributed by atoms with Gasteiger partial charge in [0.2, 0.25) is 0 Å². The van der Waals surface area contributed by atoms with Crippen molar-refractivity contribution in [2.24, 2.45) is 0 Å². The van der Waals surface area contributed by atoms with Crippen LogP contribution in [0, 0.1) is 5.82 Å². The van der Waals surface area contributed by atoms with E-state index in [9.17, 15) is 9.18 Å². The Morgan fingerprint density at radius 2 is 2.32 bits per heavy atom. The zero-order chi connectivity index (χ0) is 13.7. The van der Waals surface area contributed by atoms with Crippen LogP contribution in [0.5, 0.6) is 0 Å². The molecule has 104 valence electrons. The third-order valence-corrected chi connectivity index (χ3v) is 3.86. The van der Waals surface area contributed by atoms with Crippen molar-refractivity contribution in [1.29, 1.82) is 0 Å². The van der Waals surface area contributed by atoms with Crippen LogP contribution in [-0.4, -0.2) is 34.8 Å². The Bertz CT molecular complexity index is 419. The maximum Gasteiger partial charge on any atom is 0.182 e. The van der Waals surface area contributed by atoms with Crippen LogP contribution in [0.4, 0.5) is 4.39 Å². The highest BCUT2D eigenvalue weighted by Gasteiger charge is 2.21. The fraction of sp³-hybridized carbons (Fsp3) is 0.600. The Labute approximate surface area is 113 Å². The van der Waals surface area contributed by atoms with Gasteiger partial charge in [0.1, 0.15) is 11.5 Å². The molecule has 1 aromatic heterocycles. The quantitative estimate of drug-likeness (QED) is 0.766. The predicted octanol–water partition coefficient (Wildman–Crippen LogP) is 3.06. The predicted molar refractivity (Wildman–Crippen MR) is 72.6 cm³/mol. The maximum absolute atomic E-state index is 12.7. The smallest absolute Gasteiger partial charge is 0.182 e. The molecule has 1 atom stereocenters. The van der Waals surface area contributed by atoms with Crippen LogP contribution < -0.4 is 0 Å². The largest absolute Gasteiger partial charge is 0.300 e. The first-order chi connectivity index (χ1) is 9.20. The first-order valence-electron chi connectivity index (χ1n) is 7.09. The van der Waals surface area contributed by atoms with E-state index in [-0.39, 0.29) is 5.78 Å². The zero-order valence-corrected chi connectivity index (χ0v) is 11.4. The number of likely N-dealkylation sites (tertiary alicyclic amines) is 1. The first-order valence-corrected chi connectivity index (χ1v) is 7.09. The van der Waals surface area contributed by atoms with Crippen LogP contribution in [-0.2, 0) is 0 Å². The highest BCUT2D eigenvalue weighted by atomic mass is 19.1. The molecule has 1 unspecified atom stereocenters. The van der Waals surface area contributed by atoms with Gasteiger partial charge in [0.15, 0.2) is 5.78 Å². The van der Waals surface area contributed by atoms with Crippen LogP contribution >= 0.6 is 0 Å². The highest BCUT2D eigenvalue weighted by molar-refractivity contribution is 5.94. The number of halogens is 1. The molecule has 2 rings (SSSR count). The van der Waals surface area contributed by atoms with Gasteiger partial charge in [-0.3, -0.25) is 14.7 Å². The number of rotatable bonds is 5. The van der Waals surface area contributed by atoms with Gasteiger partial charge in [-0.1, -0.05) is 13.3 Å². The second-order valence-corrected chi connectivity index (χ2v) is 5.13. The summed E-state index contributed by atoms with van der Waals surface area (Å²) in [6, 6.07) is 3.36. The molecule has 2 heterocycles. The molecule has 0 amide bonds.